The summed E-state index contributed by atoms with van der Waals surface area (Å²) in [5.41, 5.74) is 3.39. The zero-order chi connectivity index (χ0) is 20.3. The van der Waals surface area contributed by atoms with Gasteiger partial charge in [-0.3, -0.25) is 14.4 Å². The SMILES string of the molecule is Cc1cccc(C(=O)NCC(=O)O[C@H](C)C(=O)N2c3ccccc3C[C@@H]2C)c1. The molecule has 0 fully saturated rings. The molecule has 1 aliphatic rings. The molecule has 0 radical (unpaired) electrons. The Morgan fingerprint density at radius 1 is 1.18 bits per heavy atom. The molecule has 0 aliphatic carbocycles. The minimum atomic E-state index is -0.933. The van der Waals surface area contributed by atoms with Crippen LogP contribution < -0.4 is 10.2 Å². The van der Waals surface area contributed by atoms with Gasteiger partial charge in [0.05, 0.1) is 0 Å². The van der Waals surface area contributed by atoms with E-state index in [9.17, 15) is 14.4 Å². The summed E-state index contributed by atoms with van der Waals surface area (Å²) in [5, 5.41) is 2.53. The minimum Gasteiger partial charge on any atom is -0.451 e. The number of anilines is 1. The van der Waals surface area contributed by atoms with Gasteiger partial charge in [0.2, 0.25) is 0 Å². The predicted molar refractivity (Wildman–Crippen MR) is 106 cm³/mol. The molecule has 1 N–H and O–H groups in total. The molecule has 146 valence electrons. The van der Waals surface area contributed by atoms with E-state index >= 15 is 0 Å². The zero-order valence-corrected chi connectivity index (χ0v) is 16.3. The number of carbonyl (C=O) groups is 3. The molecule has 2 atom stereocenters. The fourth-order valence-corrected chi connectivity index (χ4v) is 3.43. The standard InChI is InChI=1S/C22H24N2O4/c1-14-7-6-9-18(11-14)21(26)23-13-20(25)28-16(3)22(27)24-15(2)12-17-8-4-5-10-19(17)24/h4-11,15-16H,12-13H2,1-3H3,(H,23,26)/t15-,16+/m0/s1. The summed E-state index contributed by atoms with van der Waals surface area (Å²) >= 11 is 0. The number of ether oxygens (including phenoxy) is 1. The van der Waals surface area contributed by atoms with Crippen LogP contribution in [-0.2, 0) is 20.7 Å². The summed E-state index contributed by atoms with van der Waals surface area (Å²) in [4.78, 5) is 38.7. The number of hydrogen-bond acceptors (Lipinski definition) is 4. The maximum absolute atomic E-state index is 12.8. The van der Waals surface area contributed by atoms with Gasteiger partial charge in [-0.1, -0.05) is 35.9 Å². The van der Waals surface area contributed by atoms with Gasteiger partial charge in [0, 0.05) is 17.3 Å². The second-order valence-corrected chi connectivity index (χ2v) is 7.07. The van der Waals surface area contributed by atoms with Crippen molar-refractivity contribution in [1.29, 1.82) is 0 Å². The van der Waals surface area contributed by atoms with Gasteiger partial charge in [-0.25, -0.2) is 0 Å². The first-order valence-corrected chi connectivity index (χ1v) is 9.32. The fourth-order valence-electron chi connectivity index (χ4n) is 3.43. The van der Waals surface area contributed by atoms with E-state index < -0.39 is 12.1 Å². The monoisotopic (exact) mass is 380 g/mol. The third kappa shape index (κ3) is 4.22. The van der Waals surface area contributed by atoms with Crippen LogP contribution in [0.2, 0.25) is 0 Å². The average Bonchev–Trinajstić information content (AvgIpc) is 3.01. The number of hydrogen-bond donors (Lipinski definition) is 1. The first-order valence-electron chi connectivity index (χ1n) is 9.32. The molecule has 6 nitrogen and oxygen atoms in total. The number of carbonyl (C=O) groups excluding carboxylic acids is 3. The summed E-state index contributed by atoms with van der Waals surface area (Å²) in [6.45, 7) is 5.11. The van der Waals surface area contributed by atoms with Crippen molar-refractivity contribution in [1.82, 2.24) is 5.32 Å². The highest BCUT2D eigenvalue weighted by Gasteiger charge is 2.34. The van der Waals surface area contributed by atoms with E-state index in [0.29, 0.717) is 5.56 Å². The van der Waals surface area contributed by atoms with Crippen molar-refractivity contribution in [2.24, 2.45) is 0 Å². The first-order chi connectivity index (χ1) is 13.4. The lowest BCUT2D eigenvalue weighted by Gasteiger charge is -2.26. The smallest absolute Gasteiger partial charge is 0.326 e. The van der Waals surface area contributed by atoms with Crippen LogP contribution in [0.15, 0.2) is 48.5 Å². The highest BCUT2D eigenvalue weighted by Crippen LogP contribution is 2.32. The van der Waals surface area contributed by atoms with Crippen molar-refractivity contribution in [2.75, 3.05) is 11.4 Å². The zero-order valence-electron chi connectivity index (χ0n) is 16.3. The van der Waals surface area contributed by atoms with Crippen LogP contribution in [0.4, 0.5) is 5.69 Å². The Kier molecular flexibility index (Phi) is 5.78. The van der Waals surface area contributed by atoms with Gasteiger partial charge in [0.1, 0.15) is 6.54 Å². The van der Waals surface area contributed by atoms with Gasteiger partial charge in [0.25, 0.3) is 11.8 Å². The van der Waals surface area contributed by atoms with Crippen LogP contribution >= 0.6 is 0 Å². The Morgan fingerprint density at radius 2 is 1.93 bits per heavy atom. The molecule has 0 bridgehead atoms. The molecular weight excluding hydrogens is 356 g/mol. The van der Waals surface area contributed by atoms with Gasteiger partial charge in [-0.05, 0) is 51.0 Å². The van der Waals surface area contributed by atoms with Gasteiger partial charge in [-0.15, -0.1) is 0 Å². The number of benzene rings is 2. The van der Waals surface area contributed by atoms with Crippen LogP contribution in [0.5, 0.6) is 0 Å². The van der Waals surface area contributed by atoms with E-state index in [1.165, 1.54) is 0 Å². The quantitative estimate of drug-likeness (QED) is 0.809. The molecule has 0 unspecified atom stereocenters. The molecule has 3 rings (SSSR count). The number of fused-ring (bicyclic) bond motifs is 1. The van der Waals surface area contributed by atoms with Crippen LogP contribution in [0.1, 0.15) is 35.3 Å². The Bertz CT molecular complexity index is 909. The number of nitrogens with one attached hydrogen (secondary N) is 1. The second-order valence-electron chi connectivity index (χ2n) is 7.07. The number of nitrogens with zero attached hydrogens (tertiary/aromatic N) is 1. The Labute approximate surface area is 164 Å². The highest BCUT2D eigenvalue weighted by atomic mass is 16.5. The summed E-state index contributed by atoms with van der Waals surface area (Å²) in [6, 6.07) is 14.8. The molecule has 28 heavy (non-hydrogen) atoms. The molecule has 2 amide bonds. The largest absolute Gasteiger partial charge is 0.451 e. The van der Waals surface area contributed by atoms with Crippen LogP contribution in [0.25, 0.3) is 0 Å². The van der Waals surface area contributed by atoms with E-state index in [1.54, 1.807) is 30.0 Å². The number of para-hydroxylation sites is 1. The van der Waals surface area contributed by atoms with Gasteiger partial charge in [0.15, 0.2) is 6.10 Å². The highest BCUT2D eigenvalue weighted by molar-refractivity contribution is 6.00. The van der Waals surface area contributed by atoms with E-state index in [4.69, 9.17) is 4.74 Å². The summed E-state index contributed by atoms with van der Waals surface area (Å²) in [6.07, 6.45) is -0.160. The predicted octanol–water partition coefficient (Wildman–Crippen LogP) is 2.63. The molecule has 1 heterocycles. The maximum atomic E-state index is 12.8. The van der Waals surface area contributed by atoms with E-state index in [-0.39, 0.29) is 24.4 Å². The first kappa shape index (κ1) is 19.6. The summed E-state index contributed by atoms with van der Waals surface area (Å²) in [7, 11) is 0. The number of aryl methyl sites for hydroxylation is 1. The van der Waals surface area contributed by atoms with E-state index in [2.05, 4.69) is 5.32 Å². The molecular formula is C22H24N2O4. The molecule has 0 aromatic heterocycles. The molecule has 0 saturated heterocycles. The molecule has 1 aliphatic heterocycles. The molecule has 2 aromatic rings. The van der Waals surface area contributed by atoms with Crippen LogP contribution in [-0.4, -0.2) is 36.5 Å². The van der Waals surface area contributed by atoms with Crippen molar-refractivity contribution in [3.05, 3.63) is 65.2 Å². The second kappa shape index (κ2) is 8.25. The Balaban J connectivity index is 1.55. The molecule has 0 saturated carbocycles. The van der Waals surface area contributed by atoms with Crippen LogP contribution in [0, 0.1) is 6.92 Å². The minimum absolute atomic E-state index is 0.00655. The maximum Gasteiger partial charge on any atom is 0.326 e. The molecule has 0 spiro atoms. The molecule has 2 aromatic carbocycles. The third-order valence-corrected chi connectivity index (χ3v) is 4.77. The number of amides is 2. The van der Waals surface area contributed by atoms with Crippen LogP contribution in [0.3, 0.4) is 0 Å². The summed E-state index contributed by atoms with van der Waals surface area (Å²) < 4.78 is 5.25. The van der Waals surface area contributed by atoms with Gasteiger partial charge < -0.3 is 15.0 Å². The van der Waals surface area contributed by atoms with Crippen molar-refractivity contribution >= 4 is 23.5 Å². The average molecular weight is 380 g/mol. The van der Waals surface area contributed by atoms with Crippen molar-refractivity contribution in [3.63, 3.8) is 0 Å². The Morgan fingerprint density at radius 3 is 2.68 bits per heavy atom. The number of esters is 1. The third-order valence-electron chi connectivity index (χ3n) is 4.77. The summed E-state index contributed by atoms with van der Waals surface area (Å²) in [5.74, 6) is -1.28. The lowest BCUT2D eigenvalue weighted by molar-refractivity contribution is -0.152. The van der Waals surface area contributed by atoms with Gasteiger partial charge >= 0.3 is 5.97 Å². The topological polar surface area (TPSA) is 75.7 Å². The molecule has 6 heteroatoms. The fraction of sp³-hybridized carbons (Fsp3) is 0.318. The lowest BCUT2D eigenvalue weighted by atomic mass is 10.1. The van der Waals surface area contributed by atoms with Gasteiger partial charge in [-0.2, -0.15) is 0 Å². The van der Waals surface area contributed by atoms with E-state index in [0.717, 1.165) is 23.2 Å². The van der Waals surface area contributed by atoms with E-state index in [1.807, 2.05) is 44.2 Å². The Hall–Kier alpha value is -3.15. The van der Waals surface area contributed by atoms with Crippen molar-refractivity contribution in [2.45, 2.75) is 39.3 Å². The lowest BCUT2D eigenvalue weighted by Crippen LogP contribution is -2.44. The van der Waals surface area contributed by atoms with Crippen molar-refractivity contribution < 1.29 is 19.1 Å². The van der Waals surface area contributed by atoms with Crippen molar-refractivity contribution in [3.8, 4) is 0 Å². The number of rotatable bonds is 5. The normalized spacial score (nSPS) is 16.2.